The number of rotatable bonds is 6. The van der Waals surface area contributed by atoms with Crippen LogP contribution in [0.4, 0.5) is 0 Å². The predicted molar refractivity (Wildman–Crippen MR) is 90.2 cm³/mol. The molecule has 2 rings (SSSR count). The quantitative estimate of drug-likeness (QED) is 0.656. The summed E-state index contributed by atoms with van der Waals surface area (Å²) in [4.78, 5) is 21.1. The maximum atomic E-state index is 12.4. The lowest BCUT2D eigenvalue weighted by atomic mass is 10.1. The lowest BCUT2D eigenvalue weighted by Gasteiger charge is -2.10. The van der Waals surface area contributed by atoms with E-state index in [0.717, 1.165) is 24.1 Å². The number of benzene rings is 1. The summed E-state index contributed by atoms with van der Waals surface area (Å²) in [6.07, 6.45) is 5.29. The molecule has 1 amide bonds. The van der Waals surface area contributed by atoms with Gasteiger partial charge in [-0.3, -0.25) is 4.79 Å². The van der Waals surface area contributed by atoms with E-state index in [0.29, 0.717) is 17.3 Å². The number of hydrogen-bond donors (Lipinski definition) is 1. The molecule has 2 aromatic rings. The van der Waals surface area contributed by atoms with E-state index >= 15 is 0 Å². The van der Waals surface area contributed by atoms with E-state index in [1.54, 1.807) is 6.20 Å². The molecule has 0 saturated carbocycles. The molecule has 4 nitrogen and oxygen atoms in total. The van der Waals surface area contributed by atoms with Crippen LogP contribution in [0.25, 0.3) is 0 Å². The van der Waals surface area contributed by atoms with Crippen molar-refractivity contribution in [2.75, 3.05) is 6.26 Å². The van der Waals surface area contributed by atoms with Crippen molar-refractivity contribution < 1.29 is 4.79 Å². The third kappa shape index (κ3) is 4.31. The van der Waals surface area contributed by atoms with Crippen LogP contribution in [0.15, 0.2) is 35.6 Å². The van der Waals surface area contributed by atoms with Gasteiger partial charge in [0.25, 0.3) is 5.91 Å². The SMILES string of the molecule is CCCc1nc(SC)ncc1C(=O)NCc1ccc(C)cc1. The summed E-state index contributed by atoms with van der Waals surface area (Å²) in [7, 11) is 0. The van der Waals surface area contributed by atoms with Crippen LogP contribution in [-0.2, 0) is 13.0 Å². The zero-order valence-corrected chi connectivity index (χ0v) is 14.0. The molecule has 1 N–H and O–H groups in total. The molecule has 0 aliphatic rings. The summed E-state index contributed by atoms with van der Waals surface area (Å²) in [5, 5.41) is 3.65. The van der Waals surface area contributed by atoms with Crippen molar-refractivity contribution in [1.29, 1.82) is 0 Å². The largest absolute Gasteiger partial charge is 0.348 e. The Bertz CT molecular complexity index is 641. The minimum absolute atomic E-state index is 0.114. The molecule has 116 valence electrons. The summed E-state index contributed by atoms with van der Waals surface area (Å²) in [5.41, 5.74) is 3.69. The number of thioether (sulfide) groups is 1. The molecule has 0 atom stereocenters. The molecule has 22 heavy (non-hydrogen) atoms. The standard InChI is InChI=1S/C17H21N3OS/c1-4-5-15-14(11-19-17(20-15)22-3)16(21)18-10-13-8-6-12(2)7-9-13/h6-9,11H,4-5,10H2,1-3H3,(H,18,21). The number of hydrogen-bond acceptors (Lipinski definition) is 4. The van der Waals surface area contributed by atoms with E-state index in [2.05, 4.69) is 22.2 Å². The van der Waals surface area contributed by atoms with Crippen LogP contribution in [0.1, 0.15) is 40.5 Å². The summed E-state index contributed by atoms with van der Waals surface area (Å²) in [6.45, 7) is 4.63. The van der Waals surface area contributed by atoms with Crippen LogP contribution in [0.5, 0.6) is 0 Å². The van der Waals surface area contributed by atoms with Gasteiger partial charge in [0.2, 0.25) is 0 Å². The Morgan fingerprint density at radius 2 is 2.00 bits per heavy atom. The number of carbonyl (C=O) groups is 1. The van der Waals surface area contributed by atoms with Gasteiger partial charge in [0.15, 0.2) is 5.16 Å². The van der Waals surface area contributed by atoms with E-state index in [4.69, 9.17) is 0 Å². The van der Waals surface area contributed by atoms with Crippen LogP contribution < -0.4 is 5.32 Å². The molecule has 0 bridgehead atoms. The average Bonchev–Trinajstić information content (AvgIpc) is 2.54. The first kappa shape index (κ1) is 16.5. The Morgan fingerprint density at radius 3 is 2.64 bits per heavy atom. The van der Waals surface area contributed by atoms with Crippen LogP contribution in [-0.4, -0.2) is 22.1 Å². The minimum Gasteiger partial charge on any atom is -0.348 e. The Balaban J connectivity index is 2.09. The molecule has 1 aromatic heterocycles. The van der Waals surface area contributed by atoms with Gasteiger partial charge < -0.3 is 5.32 Å². The number of aromatic nitrogens is 2. The molecule has 0 saturated heterocycles. The Morgan fingerprint density at radius 1 is 1.27 bits per heavy atom. The summed E-state index contributed by atoms with van der Waals surface area (Å²) < 4.78 is 0. The molecule has 0 unspecified atom stereocenters. The number of amides is 1. The zero-order chi connectivity index (χ0) is 15.9. The second-order valence-electron chi connectivity index (χ2n) is 5.14. The van der Waals surface area contributed by atoms with Crippen molar-refractivity contribution in [2.45, 2.75) is 38.4 Å². The summed E-state index contributed by atoms with van der Waals surface area (Å²) >= 11 is 1.49. The van der Waals surface area contributed by atoms with Crippen LogP contribution in [0.2, 0.25) is 0 Å². The van der Waals surface area contributed by atoms with Crippen molar-refractivity contribution in [3.05, 3.63) is 52.8 Å². The predicted octanol–water partition coefficient (Wildman–Crippen LogP) is 3.39. The monoisotopic (exact) mass is 315 g/mol. The molecule has 0 spiro atoms. The molecule has 5 heteroatoms. The summed E-state index contributed by atoms with van der Waals surface area (Å²) in [5.74, 6) is -0.114. The molecule has 1 aromatic carbocycles. The maximum absolute atomic E-state index is 12.4. The number of nitrogens with one attached hydrogen (secondary N) is 1. The van der Waals surface area contributed by atoms with Gasteiger partial charge in [-0.2, -0.15) is 0 Å². The van der Waals surface area contributed by atoms with Crippen molar-refractivity contribution in [3.63, 3.8) is 0 Å². The second kappa shape index (κ2) is 7.94. The lowest BCUT2D eigenvalue weighted by molar-refractivity contribution is 0.0949. The fraction of sp³-hybridized carbons (Fsp3) is 0.353. The van der Waals surface area contributed by atoms with Gasteiger partial charge in [-0.25, -0.2) is 9.97 Å². The van der Waals surface area contributed by atoms with E-state index in [9.17, 15) is 4.79 Å². The van der Waals surface area contributed by atoms with Gasteiger partial charge in [-0.1, -0.05) is 54.9 Å². The van der Waals surface area contributed by atoms with E-state index < -0.39 is 0 Å². The van der Waals surface area contributed by atoms with Crippen molar-refractivity contribution in [2.24, 2.45) is 0 Å². The van der Waals surface area contributed by atoms with Gasteiger partial charge >= 0.3 is 0 Å². The second-order valence-corrected chi connectivity index (χ2v) is 5.91. The maximum Gasteiger partial charge on any atom is 0.254 e. The number of aryl methyl sites for hydroxylation is 2. The van der Waals surface area contributed by atoms with E-state index in [-0.39, 0.29) is 5.91 Å². The van der Waals surface area contributed by atoms with Crippen molar-refractivity contribution in [3.8, 4) is 0 Å². The third-order valence-electron chi connectivity index (χ3n) is 3.33. The van der Waals surface area contributed by atoms with Gasteiger partial charge in [0, 0.05) is 12.7 Å². The molecule has 0 aliphatic heterocycles. The van der Waals surface area contributed by atoms with Crippen molar-refractivity contribution in [1.82, 2.24) is 15.3 Å². The van der Waals surface area contributed by atoms with Gasteiger partial charge in [0.1, 0.15) is 0 Å². The first-order valence-corrected chi connectivity index (χ1v) is 8.60. The van der Waals surface area contributed by atoms with Gasteiger partial charge in [-0.05, 0) is 25.2 Å². The molecule has 0 aliphatic carbocycles. The molecule has 1 heterocycles. The van der Waals surface area contributed by atoms with E-state index in [1.165, 1.54) is 17.3 Å². The average molecular weight is 315 g/mol. The Kier molecular flexibility index (Phi) is 5.95. The zero-order valence-electron chi connectivity index (χ0n) is 13.2. The Labute approximate surface area is 135 Å². The highest BCUT2D eigenvalue weighted by atomic mass is 32.2. The molecule has 0 fully saturated rings. The minimum atomic E-state index is -0.114. The normalized spacial score (nSPS) is 10.5. The van der Waals surface area contributed by atoms with Gasteiger partial charge in [0.05, 0.1) is 11.3 Å². The summed E-state index contributed by atoms with van der Waals surface area (Å²) in [6, 6.07) is 8.13. The molecular weight excluding hydrogens is 294 g/mol. The fourth-order valence-corrected chi connectivity index (χ4v) is 2.46. The highest BCUT2D eigenvalue weighted by Crippen LogP contribution is 2.14. The van der Waals surface area contributed by atoms with Gasteiger partial charge in [-0.15, -0.1) is 0 Å². The topological polar surface area (TPSA) is 54.9 Å². The number of carbonyl (C=O) groups excluding carboxylic acids is 1. The third-order valence-corrected chi connectivity index (χ3v) is 3.90. The molecule has 0 radical (unpaired) electrons. The first-order chi connectivity index (χ1) is 10.6. The Hall–Kier alpha value is -1.88. The highest BCUT2D eigenvalue weighted by molar-refractivity contribution is 7.98. The first-order valence-electron chi connectivity index (χ1n) is 7.37. The highest BCUT2D eigenvalue weighted by Gasteiger charge is 2.13. The smallest absolute Gasteiger partial charge is 0.254 e. The number of nitrogens with zero attached hydrogens (tertiary/aromatic N) is 2. The van der Waals surface area contributed by atoms with Crippen LogP contribution in [0.3, 0.4) is 0 Å². The van der Waals surface area contributed by atoms with Crippen LogP contribution >= 0.6 is 11.8 Å². The lowest BCUT2D eigenvalue weighted by Crippen LogP contribution is -2.25. The van der Waals surface area contributed by atoms with Crippen molar-refractivity contribution >= 4 is 17.7 Å². The van der Waals surface area contributed by atoms with E-state index in [1.807, 2.05) is 37.4 Å². The fourth-order valence-electron chi connectivity index (χ4n) is 2.10. The molecular formula is C17H21N3OS. The van der Waals surface area contributed by atoms with Crippen LogP contribution in [0, 0.1) is 6.92 Å².